The number of hydrogen-bond donors (Lipinski definition) is 1. The Morgan fingerprint density at radius 3 is 2.58 bits per heavy atom. The number of aryl methyl sites for hydroxylation is 1. The summed E-state index contributed by atoms with van der Waals surface area (Å²) < 4.78 is 1.35. The SMILES string of the molecule is CNc1ncc2cc(-c3ccc(-c4cncc(C)n4)cc3Cl)c(=O)n(CC(=O)N(C)C)c2n1. The summed E-state index contributed by atoms with van der Waals surface area (Å²) in [7, 11) is 4.96. The Morgan fingerprint density at radius 2 is 1.91 bits per heavy atom. The lowest BCUT2D eigenvalue weighted by atomic mass is 10.0. The molecule has 1 amide bonds. The Kier molecular flexibility index (Phi) is 6.06. The van der Waals surface area contributed by atoms with Crippen molar-refractivity contribution in [3.8, 4) is 22.4 Å². The Balaban J connectivity index is 1.90. The molecular weight excluding hydrogens is 442 g/mol. The number of benzene rings is 1. The van der Waals surface area contributed by atoms with Crippen LogP contribution in [-0.2, 0) is 11.3 Å². The summed E-state index contributed by atoms with van der Waals surface area (Å²) in [5.41, 5.74) is 3.13. The van der Waals surface area contributed by atoms with Crippen LogP contribution in [0.5, 0.6) is 0 Å². The number of rotatable bonds is 5. The molecule has 4 aromatic rings. The smallest absolute Gasteiger partial charge is 0.260 e. The number of nitrogens with one attached hydrogen (secondary N) is 1. The quantitative estimate of drug-likeness (QED) is 0.485. The minimum Gasteiger partial charge on any atom is -0.357 e. The van der Waals surface area contributed by atoms with Gasteiger partial charge in [0.2, 0.25) is 11.9 Å². The first-order valence-electron chi connectivity index (χ1n) is 10.2. The van der Waals surface area contributed by atoms with Gasteiger partial charge >= 0.3 is 0 Å². The van der Waals surface area contributed by atoms with E-state index in [0.717, 1.165) is 11.3 Å². The van der Waals surface area contributed by atoms with Crippen LogP contribution < -0.4 is 10.9 Å². The van der Waals surface area contributed by atoms with Crippen LogP contribution in [0, 0.1) is 6.92 Å². The summed E-state index contributed by atoms with van der Waals surface area (Å²) in [5, 5.41) is 3.85. The maximum atomic E-state index is 13.5. The zero-order valence-corrected chi connectivity index (χ0v) is 19.4. The molecule has 0 radical (unpaired) electrons. The molecule has 0 atom stereocenters. The highest BCUT2D eigenvalue weighted by molar-refractivity contribution is 6.33. The lowest BCUT2D eigenvalue weighted by Gasteiger charge is -2.16. The fourth-order valence-electron chi connectivity index (χ4n) is 3.39. The molecule has 10 heteroatoms. The number of nitrogens with zero attached hydrogens (tertiary/aromatic N) is 6. The summed E-state index contributed by atoms with van der Waals surface area (Å²) in [4.78, 5) is 44.7. The maximum Gasteiger partial charge on any atom is 0.260 e. The van der Waals surface area contributed by atoms with Gasteiger partial charge in [-0.2, -0.15) is 4.98 Å². The van der Waals surface area contributed by atoms with Crippen molar-refractivity contribution >= 4 is 34.5 Å². The molecule has 1 aromatic carbocycles. The number of pyridine rings is 1. The molecule has 0 aliphatic heterocycles. The first-order valence-corrected chi connectivity index (χ1v) is 10.5. The largest absolute Gasteiger partial charge is 0.357 e. The highest BCUT2D eigenvalue weighted by Gasteiger charge is 2.18. The van der Waals surface area contributed by atoms with Crippen LogP contribution in [0.15, 0.2) is 47.7 Å². The topological polar surface area (TPSA) is 106 Å². The van der Waals surface area contributed by atoms with Gasteiger partial charge in [-0.05, 0) is 19.1 Å². The average Bonchev–Trinajstić information content (AvgIpc) is 2.80. The van der Waals surface area contributed by atoms with Crippen LogP contribution in [0.25, 0.3) is 33.4 Å². The summed E-state index contributed by atoms with van der Waals surface area (Å²) in [6.45, 7) is 1.70. The highest BCUT2D eigenvalue weighted by Crippen LogP contribution is 2.31. The number of anilines is 1. The summed E-state index contributed by atoms with van der Waals surface area (Å²) in [6, 6.07) is 7.05. The van der Waals surface area contributed by atoms with Gasteiger partial charge in [0.25, 0.3) is 5.56 Å². The van der Waals surface area contributed by atoms with E-state index in [2.05, 4.69) is 25.3 Å². The van der Waals surface area contributed by atoms with Crippen LogP contribution in [0.3, 0.4) is 0 Å². The Labute approximate surface area is 195 Å². The van der Waals surface area contributed by atoms with Crippen LogP contribution in [0.2, 0.25) is 5.02 Å². The van der Waals surface area contributed by atoms with E-state index in [-0.39, 0.29) is 18.0 Å². The van der Waals surface area contributed by atoms with Crippen molar-refractivity contribution in [2.24, 2.45) is 0 Å². The number of carbonyl (C=O) groups is 1. The Morgan fingerprint density at radius 1 is 1.12 bits per heavy atom. The molecule has 0 unspecified atom stereocenters. The molecule has 9 nitrogen and oxygen atoms in total. The Bertz CT molecular complexity index is 1430. The van der Waals surface area contributed by atoms with Gasteiger partial charge in [0.15, 0.2) is 0 Å². The molecule has 1 N–H and O–H groups in total. The maximum absolute atomic E-state index is 13.5. The van der Waals surface area contributed by atoms with E-state index in [1.54, 1.807) is 57.9 Å². The molecule has 0 aliphatic carbocycles. The molecule has 0 bridgehead atoms. The first kappa shape index (κ1) is 22.3. The molecule has 0 aliphatic rings. The van der Waals surface area contributed by atoms with Crippen LogP contribution in [0.4, 0.5) is 5.95 Å². The predicted molar refractivity (Wildman–Crippen MR) is 128 cm³/mol. The monoisotopic (exact) mass is 463 g/mol. The lowest BCUT2D eigenvalue weighted by Crippen LogP contribution is -2.32. The first-order chi connectivity index (χ1) is 15.8. The third kappa shape index (κ3) is 4.40. The van der Waals surface area contributed by atoms with Gasteiger partial charge in [-0.3, -0.25) is 19.1 Å². The van der Waals surface area contributed by atoms with Gasteiger partial charge in [0.1, 0.15) is 12.2 Å². The zero-order valence-electron chi connectivity index (χ0n) is 18.6. The van der Waals surface area contributed by atoms with E-state index >= 15 is 0 Å². The molecule has 0 fully saturated rings. The molecule has 0 spiro atoms. The van der Waals surface area contributed by atoms with E-state index in [1.807, 2.05) is 13.0 Å². The van der Waals surface area contributed by atoms with Crippen LogP contribution in [-0.4, -0.2) is 56.5 Å². The van der Waals surface area contributed by atoms with E-state index in [1.165, 1.54) is 9.47 Å². The zero-order chi connectivity index (χ0) is 23.7. The minimum atomic E-state index is -0.372. The van der Waals surface area contributed by atoms with Gasteiger partial charge in [0.05, 0.1) is 17.6 Å². The average molecular weight is 464 g/mol. The molecule has 4 rings (SSSR count). The third-order valence-corrected chi connectivity index (χ3v) is 5.47. The van der Waals surface area contributed by atoms with Crippen molar-refractivity contribution in [2.45, 2.75) is 13.5 Å². The Hall–Kier alpha value is -3.85. The lowest BCUT2D eigenvalue weighted by molar-refractivity contribution is -0.129. The van der Waals surface area contributed by atoms with Gasteiger partial charge in [0, 0.05) is 60.6 Å². The summed E-state index contributed by atoms with van der Waals surface area (Å²) >= 11 is 6.62. The standard InChI is InChI=1S/C23H22ClN7O2/c1-13-9-26-11-19(28-13)14-5-6-16(18(24)8-14)17-7-15-10-27-23(25-2)29-21(15)31(22(17)33)12-20(32)30(3)4/h5-11H,12H2,1-4H3,(H,25,27,29). The molecule has 3 aromatic heterocycles. The summed E-state index contributed by atoms with van der Waals surface area (Å²) in [6.07, 6.45) is 4.94. The molecule has 168 valence electrons. The number of aromatic nitrogens is 5. The number of halogens is 1. The van der Waals surface area contributed by atoms with E-state index < -0.39 is 0 Å². The number of amides is 1. The molecule has 3 heterocycles. The summed E-state index contributed by atoms with van der Waals surface area (Å²) in [5.74, 6) is 0.113. The number of likely N-dealkylation sites (N-methyl/N-ethyl adjacent to an activating group) is 1. The molecule has 0 saturated heterocycles. The van der Waals surface area contributed by atoms with Crippen molar-refractivity contribution < 1.29 is 4.79 Å². The fourth-order valence-corrected chi connectivity index (χ4v) is 3.67. The van der Waals surface area contributed by atoms with Gasteiger partial charge in [-0.1, -0.05) is 23.7 Å². The van der Waals surface area contributed by atoms with Crippen molar-refractivity contribution in [3.05, 3.63) is 63.9 Å². The normalized spacial score (nSPS) is 10.9. The second-order valence-corrected chi connectivity index (χ2v) is 8.11. The van der Waals surface area contributed by atoms with E-state index in [0.29, 0.717) is 38.8 Å². The number of hydrogen-bond acceptors (Lipinski definition) is 7. The van der Waals surface area contributed by atoms with Crippen molar-refractivity contribution in [1.29, 1.82) is 0 Å². The second-order valence-electron chi connectivity index (χ2n) is 7.70. The van der Waals surface area contributed by atoms with Crippen molar-refractivity contribution in [1.82, 2.24) is 29.4 Å². The molecule has 0 saturated carbocycles. The number of carbonyl (C=O) groups excluding carboxylic acids is 1. The fraction of sp³-hybridized carbons (Fsp3) is 0.217. The van der Waals surface area contributed by atoms with Crippen molar-refractivity contribution in [2.75, 3.05) is 26.5 Å². The van der Waals surface area contributed by atoms with Crippen LogP contribution in [0.1, 0.15) is 5.69 Å². The molecule has 33 heavy (non-hydrogen) atoms. The molecular formula is C23H22ClN7O2. The van der Waals surface area contributed by atoms with Gasteiger partial charge in [-0.15, -0.1) is 0 Å². The predicted octanol–water partition coefficient (Wildman–Crippen LogP) is 3.01. The highest BCUT2D eigenvalue weighted by atomic mass is 35.5. The van der Waals surface area contributed by atoms with E-state index in [9.17, 15) is 9.59 Å². The van der Waals surface area contributed by atoms with Crippen LogP contribution >= 0.6 is 11.6 Å². The third-order valence-electron chi connectivity index (χ3n) is 5.15. The van der Waals surface area contributed by atoms with E-state index in [4.69, 9.17) is 11.6 Å². The second kappa shape index (κ2) is 8.95. The minimum absolute atomic E-state index is 0.162. The van der Waals surface area contributed by atoms with Gasteiger partial charge in [-0.25, -0.2) is 9.97 Å². The number of fused-ring (bicyclic) bond motifs is 1. The van der Waals surface area contributed by atoms with Gasteiger partial charge < -0.3 is 10.2 Å². The van der Waals surface area contributed by atoms with Crippen molar-refractivity contribution in [3.63, 3.8) is 0 Å².